The van der Waals surface area contributed by atoms with Gasteiger partial charge in [0.05, 0.1) is 0 Å². The summed E-state index contributed by atoms with van der Waals surface area (Å²) >= 11 is 0. The molecule has 1 heteroatoms. The van der Waals surface area contributed by atoms with Crippen molar-refractivity contribution in [3.05, 3.63) is 35.6 Å². The Morgan fingerprint density at radius 2 is 2.00 bits per heavy atom. The van der Waals surface area contributed by atoms with Crippen molar-refractivity contribution in [2.45, 2.75) is 26.7 Å². The Kier molecular flexibility index (Phi) is 3.65. The van der Waals surface area contributed by atoms with E-state index in [1.54, 1.807) is 0 Å². The van der Waals surface area contributed by atoms with Gasteiger partial charge in [0.1, 0.15) is 0 Å². The van der Waals surface area contributed by atoms with Crippen molar-refractivity contribution in [3.8, 4) is 0 Å². The highest BCUT2D eigenvalue weighted by molar-refractivity contribution is 5.34. The summed E-state index contributed by atoms with van der Waals surface area (Å²) in [6, 6.07) is 0. The zero-order valence-electron chi connectivity index (χ0n) is 7.93. The summed E-state index contributed by atoms with van der Waals surface area (Å²) in [5.41, 5.74) is 2.69. The van der Waals surface area contributed by atoms with Crippen LogP contribution in [0.1, 0.15) is 26.7 Å². The monoisotopic (exact) mass is 163 g/mol. The largest absolute Gasteiger partial charge is 0.385 e. The molecule has 12 heavy (non-hydrogen) atoms. The molecule has 0 aromatic heterocycles. The zero-order valence-corrected chi connectivity index (χ0v) is 7.93. The van der Waals surface area contributed by atoms with Gasteiger partial charge in [-0.3, -0.25) is 0 Å². The first-order valence-electron chi connectivity index (χ1n) is 4.68. The maximum absolute atomic E-state index is 3.37. The van der Waals surface area contributed by atoms with E-state index in [-0.39, 0.29) is 0 Å². The summed E-state index contributed by atoms with van der Waals surface area (Å²) in [6.07, 6.45) is 11.0. The number of nitrogens with one attached hydrogen (secondary N) is 1. The standard InChI is InChI=1S/C11H17N/c1-3-10-8-6-5-7-9-11(10)12-4-2/h6-9,12H,3-5H2,1-2H3. The molecule has 0 aromatic rings. The fourth-order valence-corrected chi connectivity index (χ4v) is 1.34. The van der Waals surface area contributed by atoms with Gasteiger partial charge in [-0.05, 0) is 31.4 Å². The highest BCUT2D eigenvalue weighted by Gasteiger charge is 1.99. The first-order chi connectivity index (χ1) is 5.88. The summed E-state index contributed by atoms with van der Waals surface area (Å²) in [4.78, 5) is 0. The number of allylic oxidation sites excluding steroid dienone is 5. The third-order valence-electron chi connectivity index (χ3n) is 1.97. The van der Waals surface area contributed by atoms with E-state index in [0.29, 0.717) is 0 Å². The molecule has 66 valence electrons. The van der Waals surface area contributed by atoms with E-state index in [4.69, 9.17) is 0 Å². The Morgan fingerprint density at radius 3 is 2.67 bits per heavy atom. The van der Waals surface area contributed by atoms with Gasteiger partial charge in [0.2, 0.25) is 0 Å². The van der Waals surface area contributed by atoms with Crippen LogP contribution in [-0.2, 0) is 0 Å². The van der Waals surface area contributed by atoms with Crippen molar-refractivity contribution >= 4 is 0 Å². The van der Waals surface area contributed by atoms with Gasteiger partial charge < -0.3 is 5.32 Å². The molecule has 0 unspecified atom stereocenters. The number of hydrogen-bond donors (Lipinski definition) is 1. The number of likely N-dealkylation sites (N-methyl/N-ethyl adjacent to an activating group) is 1. The first kappa shape index (κ1) is 9.11. The van der Waals surface area contributed by atoms with Gasteiger partial charge in [0.25, 0.3) is 0 Å². The molecule has 0 aromatic carbocycles. The molecule has 0 saturated heterocycles. The van der Waals surface area contributed by atoms with Crippen LogP contribution in [0.15, 0.2) is 35.6 Å². The van der Waals surface area contributed by atoms with E-state index in [1.165, 1.54) is 11.3 Å². The number of rotatable bonds is 3. The van der Waals surface area contributed by atoms with Crippen LogP contribution in [0.5, 0.6) is 0 Å². The number of hydrogen-bond acceptors (Lipinski definition) is 1. The molecule has 0 heterocycles. The van der Waals surface area contributed by atoms with E-state index in [1.807, 2.05) is 0 Å². The molecule has 0 atom stereocenters. The predicted octanol–water partition coefficient (Wildman–Crippen LogP) is 2.78. The van der Waals surface area contributed by atoms with E-state index >= 15 is 0 Å². The van der Waals surface area contributed by atoms with E-state index < -0.39 is 0 Å². The molecule has 1 aliphatic carbocycles. The fourth-order valence-electron chi connectivity index (χ4n) is 1.34. The maximum atomic E-state index is 3.37. The molecule has 0 fully saturated rings. The third-order valence-corrected chi connectivity index (χ3v) is 1.97. The topological polar surface area (TPSA) is 12.0 Å². The Balaban J connectivity index is 2.82. The summed E-state index contributed by atoms with van der Waals surface area (Å²) in [5, 5.41) is 3.37. The van der Waals surface area contributed by atoms with Crippen molar-refractivity contribution in [1.29, 1.82) is 0 Å². The quantitative estimate of drug-likeness (QED) is 0.674. The van der Waals surface area contributed by atoms with Gasteiger partial charge in [-0.25, -0.2) is 0 Å². The van der Waals surface area contributed by atoms with Crippen LogP contribution in [-0.4, -0.2) is 6.54 Å². The molecule has 0 radical (unpaired) electrons. The second-order valence-electron chi connectivity index (χ2n) is 2.86. The molecule has 1 aliphatic rings. The molecular formula is C11H17N. The third kappa shape index (κ3) is 2.26. The predicted molar refractivity (Wildman–Crippen MR) is 53.9 cm³/mol. The van der Waals surface area contributed by atoms with Crippen molar-refractivity contribution in [2.75, 3.05) is 6.54 Å². The average molecular weight is 163 g/mol. The van der Waals surface area contributed by atoms with Gasteiger partial charge in [0, 0.05) is 12.2 Å². The Bertz CT molecular complexity index is 221. The van der Waals surface area contributed by atoms with Gasteiger partial charge in [-0.2, -0.15) is 0 Å². The molecule has 0 bridgehead atoms. The summed E-state index contributed by atoms with van der Waals surface area (Å²) in [6.45, 7) is 5.32. The van der Waals surface area contributed by atoms with E-state index in [0.717, 1.165) is 19.4 Å². The van der Waals surface area contributed by atoms with Crippen molar-refractivity contribution in [1.82, 2.24) is 5.32 Å². The summed E-state index contributed by atoms with van der Waals surface area (Å²) in [7, 11) is 0. The first-order valence-corrected chi connectivity index (χ1v) is 4.68. The van der Waals surface area contributed by atoms with Gasteiger partial charge >= 0.3 is 0 Å². The minimum Gasteiger partial charge on any atom is -0.385 e. The lowest BCUT2D eigenvalue weighted by Crippen LogP contribution is -2.12. The van der Waals surface area contributed by atoms with Crippen LogP contribution in [0.25, 0.3) is 0 Å². The van der Waals surface area contributed by atoms with Crippen molar-refractivity contribution in [2.24, 2.45) is 0 Å². The van der Waals surface area contributed by atoms with Gasteiger partial charge in [-0.15, -0.1) is 0 Å². The smallest absolute Gasteiger partial charge is 0.0369 e. The highest BCUT2D eigenvalue weighted by Crippen LogP contribution is 2.13. The Labute approximate surface area is 74.9 Å². The molecule has 1 nitrogen and oxygen atoms in total. The fraction of sp³-hybridized carbons (Fsp3) is 0.455. The Morgan fingerprint density at radius 1 is 1.25 bits per heavy atom. The second-order valence-corrected chi connectivity index (χ2v) is 2.86. The molecule has 0 amide bonds. The van der Waals surface area contributed by atoms with Crippen LogP contribution in [0, 0.1) is 0 Å². The lowest BCUT2D eigenvalue weighted by atomic mass is 10.1. The van der Waals surface area contributed by atoms with Crippen LogP contribution < -0.4 is 5.32 Å². The Hall–Kier alpha value is -0.980. The van der Waals surface area contributed by atoms with E-state index in [2.05, 4.69) is 43.5 Å². The maximum Gasteiger partial charge on any atom is 0.0369 e. The van der Waals surface area contributed by atoms with Crippen molar-refractivity contribution in [3.63, 3.8) is 0 Å². The molecule has 0 aliphatic heterocycles. The lowest BCUT2D eigenvalue weighted by Gasteiger charge is -2.07. The zero-order chi connectivity index (χ0) is 8.81. The lowest BCUT2D eigenvalue weighted by molar-refractivity contribution is 0.859. The highest BCUT2D eigenvalue weighted by atomic mass is 14.9. The van der Waals surface area contributed by atoms with E-state index in [9.17, 15) is 0 Å². The van der Waals surface area contributed by atoms with Crippen LogP contribution in [0.2, 0.25) is 0 Å². The summed E-state index contributed by atoms with van der Waals surface area (Å²) < 4.78 is 0. The SMILES string of the molecule is CCNC1=C(CC)C=CCC=C1. The minimum atomic E-state index is 0.997. The van der Waals surface area contributed by atoms with Crippen molar-refractivity contribution < 1.29 is 0 Å². The molecular weight excluding hydrogens is 146 g/mol. The normalized spacial score (nSPS) is 16.5. The molecule has 0 saturated carbocycles. The molecule has 0 spiro atoms. The van der Waals surface area contributed by atoms with Crippen LogP contribution in [0.3, 0.4) is 0 Å². The van der Waals surface area contributed by atoms with Crippen LogP contribution in [0.4, 0.5) is 0 Å². The van der Waals surface area contributed by atoms with Gasteiger partial charge in [0.15, 0.2) is 0 Å². The minimum absolute atomic E-state index is 0.997. The second kappa shape index (κ2) is 4.81. The van der Waals surface area contributed by atoms with Gasteiger partial charge in [-0.1, -0.05) is 25.2 Å². The van der Waals surface area contributed by atoms with Crippen LogP contribution >= 0.6 is 0 Å². The summed E-state index contributed by atoms with van der Waals surface area (Å²) in [5.74, 6) is 0. The average Bonchev–Trinajstić information content (AvgIpc) is 2.30. The molecule has 1 rings (SSSR count). The molecule has 1 N–H and O–H groups in total.